The molecule has 0 heterocycles. The number of allylic oxidation sites excluding steroid dienone is 1. The fourth-order valence-corrected chi connectivity index (χ4v) is 1.37. The van der Waals surface area contributed by atoms with Crippen LogP contribution in [0.3, 0.4) is 0 Å². The van der Waals surface area contributed by atoms with Gasteiger partial charge in [0.15, 0.2) is 0 Å². The molecule has 1 nitrogen and oxygen atoms in total. The van der Waals surface area contributed by atoms with Crippen LogP contribution in [0.2, 0.25) is 0 Å². The zero-order chi connectivity index (χ0) is 11.9. The van der Waals surface area contributed by atoms with E-state index < -0.39 is 0 Å². The molecule has 0 saturated carbocycles. The van der Waals surface area contributed by atoms with E-state index >= 15 is 0 Å². The molecule has 0 saturated heterocycles. The number of unbranched alkanes of at least 4 members (excludes halogenated alkanes) is 1. The summed E-state index contributed by atoms with van der Waals surface area (Å²) in [5.74, 6) is 0.834. The van der Waals surface area contributed by atoms with Gasteiger partial charge in [0.1, 0.15) is 0 Å². The van der Waals surface area contributed by atoms with E-state index in [9.17, 15) is 0 Å². The Morgan fingerprint density at radius 3 is 2.27 bits per heavy atom. The first-order valence-corrected chi connectivity index (χ1v) is 6.23. The molecule has 0 aromatic rings. The molecule has 0 amide bonds. The fraction of sp³-hybridized carbons (Fsp3) is 0.857. The van der Waals surface area contributed by atoms with Crippen molar-refractivity contribution in [1.29, 1.82) is 0 Å². The molecule has 0 radical (unpaired) electrons. The summed E-state index contributed by atoms with van der Waals surface area (Å²) in [6, 6.07) is 0. The topological polar surface area (TPSA) is 12.0 Å². The average molecular weight is 211 g/mol. The predicted octanol–water partition coefficient (Wildman–Crippen LogP) is 4.35. The van der Waals surface area contributed by atoms with Crippen LogP contribution >= 0.6 is 0 Å². The molecule has 0 bridgehead atoms. The lowest BCUT2D eigenvalue weighted by molar-refractivity contribution is 0.393. The smallest absolute Gasteiger partial charge is 0.0192 e. The third-order valence-corrected chi connectivity index (χ3v) is 2.38. The van der Waals surface area contributed by atoms with Crippen LogP contribution in [0, 0.1) is 11.3 Å². The van der Waals surface area contributed by atoms with Gasteiger partial charge in [0.25, 0.3) is 0 Å². The fourth-order valence-electron chi connectivity index (χ4n) is 1.37. The van der Waals surface area contributed by atoms with Gasteiger partial charge in [-0.2, -0.15) is 0 Å². The molecule has 1 N–H and O–H groups in total. The van der Waals surface area contributed by atoms with Gasteiger partial charge in [-0.1, -0.05) is 54.0 Å². The molecule has 0 unspecified atom stereocenters. The maximum Gasteiger partial charge on any atom is 0.0192 e. The van der Waals surface area contributed by atoms with Crippen molar-refractivity contribution in [2.75, 3.05) is 6.54 Å². The summed E-state index contributed by atoms with van der Waals surface area (Å²) in [6.45, 7) is 16.4. The van der Waals surface area contributed by atoms with E-state index in [2.05, 4.69) is 46.5 Å². The van der Waals surface area contributed by atoms with Crippen LogP contribution in [0.1, 0.15) is 60.3 Å². The minimum atomic E-state index is 0.348. The van der Waals surface area contributed by atoms with Gasteiger partial charge < -0.3 is 5.32 Å². The molecule has 0 aromatic heterocycles. The lowest BCUT2D eigenvalue weighted by Crippen LogP contribution is -2.25. The van der Waals surface area contributed by atoms with Crippen LogP contribution < -0.4 is 5.32 Å². The Balaban J connectivity index is 3.42. The Bertz CT molecular complexity index is 174. The minimum absolute atomic E-state index is 0.348. The monoisotopic (exact) mass is 211 g/mol. The van der Waals surface area contributed by atoms with Crippen molar-refractivity contribution in [3.8, 4) is 0 Å². The highest BCUT2D eigenvalue weighted by Gasteiger charge is 2.09. The summed E-state index contributed by atoms with van der Waals surface area (Å²) in [7, 11) is 0. The molecule has 0 aromatic carbocycles. The molecule has 0 atom stereocenters. The van der Waals surface area contributed by atoms with Crippen LogP contribution in [0.5, 0.6) is 0 Å². The van der Waals surface area contributed by atoms with E-state index in [0.717, 1.165) is 18.9 Å². The summed E-state index contributed by atoms with van der Waals surface area (Å²) >= 11 is 0. The lowest BCUT2D eigenvalue weighted by atomic mass is 9.96. The van der Waals surface area contributed by atoms with Gasteiger partial charge in [0.2, 0.25) is 0 Å². The molecule has 0 aliphatic heterocycles. The Morgan fingerprint density at radius 2 is 1.80 bits per heavy atom. The van der Waals surface area contributed by atoms with E-state index in [0.29, 0.717) is 5.41 Å². The molecule has 90 valence electrons. The highest BCUT2D eigenvalue weighted by Crippen LogP contribution is 2.13. The van der Waals surface area contributed by atoms with Crippen molar-refractivity contribution < 1.29 is 0 Å². The van der Waals surface area contributed by atoms with E-state index in [1.165, 1.54) is 25.0 Å². The van der Waals surface area contributed by atoms with E-state index in [1.807, 2.05) is 0 Å². The number of rotatable bonds is 7. The van der Waals surface area contributed by atoms with E-state index in [4.69, 9.17) is 0 Å². The summed E-state index contributed by atoms with van der Waals surface area (Å²) in [4.78, 5) is 0. The lowest BCUT2D eigenvalue weighted by Gasteiger charge is -2.20. The van der Waals surface area contributed by atoms with Crippen molar-refractivity contribution in [2.24, 2.45) is 11.3 Å². The first-order valence-electron chi connectivity index (χ1n) is 6.23. The molecule has 15 heavy (non-hydrogen) atoms. The van der Waals surface area contributed by atoms with Crippen molar-refractivity contribution in [2.45, 2.75) is 60.3 Å². The second kappa shape index (κ2) is 6.92. The SMILES string of the molecule is C=C(CCCCC(C)C)NCC(C)(C)C. The van der Waals surface area contributed by atoms with E-state index in [1.54, 1.807) is 0 Å². The molecular weight excluding hydrogens is 182 g/mol. The highest BCUT2D eigenvalue weighted by atomic mass is 14.9. The molecule has 1 heteroatoms. The zero-order valence-electron chi connectivity index (χ0n) is 11.3. The summed E-state index contributed by atoms with van der Waals surface area (Å²) < 4.78 is 0. The molecule has 0 spiro atoms. The maximum absolute atomic E-state index is 4.06. The second-order valence-electron chi connectivity index (χ2n) is 6.16. The third kappa shape index (κ3) is 11.5. The second-order valence-corrected chi connectivity index (χ2v) is 6.16. The molecular formula is C14H29N. The van der Waals surface area contributed by atoms with Gasteiger partial charge in [0, 0.05) is 12.2 Å². The van der Waals surface area contributed by atoms with E-state index in [-0.39, 0.29) is 0 Å². The average Bonchev–Trinajstić information content (AvgIpc) is 2.07. The van der Waals surface area contributed by atoms with Crippen LogP contribution in [-0.2, 0) is 0 Å². The standard InChI is InChI=1S/C14H29N/c1-12(2)9-7-8-10-13(3)15-11-14(4,5)6/h12,15H,3,7-11H2,1-2,4-6H3. The number of hydrogen-bond acceptors (Lipinski definition) is 1. The van der Waals surface area contributed by atoms with Crippen LogP contribution in [0.4, 0.5) is 0 Å². The number of hydrogen-bond donors (Lipinski definition) is 1. The van der Waals surface area contributed by atoms with Gasteiger partial charge >= 0.3 is 0 Å². The Morgan fingerprint density at radius 1 is 1.20 bits per heavy atom. The van der Waals surface area contributed by atoms with Gasteiger partial charge in [-0.15, -0.1) is 0 Å². The predicted molar refractivity (Wildman–Crippen MR) is 69.9 cm³/mol. The van der Waals surface area contributed by atoms with Crippen molar-refractivity contribution >= 4 is 0 Å². The Kier molecular flexibility index (Phi) is 6.71. The van der Waals surface area contributed by atoms with Gasteiger partial charge in [-0.3, -0.25) is 0 Å². The summed E-state index contributed by atoms with van der Waals surface area (Å²) in [6.07, 6.45) is 5.07. The van der Waals surface area contributed by atoms with Crippen molar-refractivity contribution in [3.63, 3.8) is 0 Å². The third-order valence-electron chi connectivity index (χ3n) is 2.38. The van der Waals surface area contributed by atoms with Crippen LogP contribution in [-0.4, -0.2) is 6.54 Å². The maximum atomic E-state index is 4.06. The minimum Gasteiger partial charge on any atom is -0.388 e. The van der Waals surface area contributed by atoms with Crippen LogP contribution in [0.15, 0.2) is 12.3 Å². The summed E-state index contributed by atoms with van der Waals surface area (Å²) in [5.41, 5.74) is 1.55. The quantitative estimate of drug-likeness (QED) is 0.617. The molecule has 0 rings (SSSR count). The van der Waals surface area contributed by atoms with Gasteiger partial charge in [0.05, 0.1) is 0 Å². The first-order chi connectivity index (χ1) is 6.81. The molecule has 0 fully saturated rings. The van der Waals surface area contributed by atoms with Gasteiger partial charge in [-0.05, 0) is 24.2 Å². The normalized spacial score (nSPS) is 11.9. The molecule has 0 aliphatic carbocycles. The van der Waals surface area contributed by atoms with Crippen molar-refractivity contribution in [3.05, 3.63) is 12.3 Å². The zero-order valence-corrected chi connectivity index (χ0v) is 11.3. The Labute approximate surface area is 96.3 Å². The molecule has 0 aliphatic rings. The highest BCUT2D eigenvalue weighted by molar-refractivity contribution is 4.91. The van der Waals surface area contributed by atoms with Crippen LogP contribution in [0.25, 0.3) is 0 Å². The number of nitrogens with one attached hydrogen (secondary N) is 1. The first kappa shape index (κ1) is 14.5. The Hall–Kier alpha value is -0.460. The summed E-state index contributed by atoms with van der Waals surface area (Å²) in [5, 5.41) is 3.42. The largest absolute Gasteiger partial charge is 0.388 e. The van der Waals surface area contributed by atoms with Gasteiger partial charge in [-0.25, -0.2) is 0 Å². The van der Waals surface area contributed by atoms with Crippen molar-refractivity contribution in [1.82, 2.24) is 5.32 Å².